The van der Waals surface area contributed by atoms with Gasteiger partial charge >= 0.3 is 58.7 Å². The van der Waals surface area contributed by atoms with Crippen molar-refractivity contribution in [1.29, 1.82) is 0 Å². The molecule has 0 fully saturated rings. The minimum Gasteiger partial charge on any atom is -1.00 e. The summed E-state index contributed by atoms with van der Waals surface area (Å²) in [7, 11) is -1.79. The van der Waals surface area contributed by atoms with E-state index in [4.69, 9.17) is 10.0 Å². The van der Waals surface area contributed by atoms with E-state index in [1.54, 1.807) is 0 Å². The van der Waals surface area contributed by atoms with Crippen molar-refractivity contribution in [2.24, 2.45) is 0 Å². The van der Waals surface area contributed by atoms with E-state index in [2.05, 4.69) is 14.9 Å². The molecule has 0 saturated heterocycles. The average Bonchev–Trinajstić information content (AvgIpc) is 2.15. The van der Waals surface area contributed by atoms with Crippen LogP contribution < -0.4 is 56.0 Å². The van der Waals surface area contributed by atoms with Gasteiger partial charge in [-0.05, 0) is 0 Å². The Bertz CT molecular complexity index is 173. The van der Waals surface area contributed by atoms with Gasteiger partial charge in [0.25, 0.3) is 0 Å². The third-order valence-corrected chi connectivity index (χ3v) is 0.708. The van der Waals surface area contributed by atoms with E-state index in [1.165, 1.54) is 12.3 Å². The van der Waals surface area contributed by atoms with Crippen molar-refractivity contribution in [2.75, 3.05) is 0 Å². The van der Waals surface area contributed by atoms with Crippen LogP contribution in [0.3, 0.4) is 0 Å². The second kappa shape index (κ2) is 5.30. The molecule has 0 radical (unpaired) electrons. The third-order valence-electron chi connectivity index (χ3n) is 0.708. The van der Waals surface area contributed by atoms with Crippen molar-refractivity contribution >= 4 is 7.32 Å². The molecule has 0 aliphatic carbocycles. The minimum atomic E-state index is -1.79. The first kappa shape index (κ1) is 10.6. The predicted molar refractivity (Wildman–Crippen MR) is 30.5 cm³/mol. The summed E-state index contributed by atoms with van der Waals surface area (Å²) in [6, 6.07) is 1.47. The molecule has 1 heterocycles. The predicted octanol–water partition coefficient (Wildman–Crippen LogP) is -4.13. The summed E-state index contributed by atoms with van der Waals surface area (Å²) in [5.41, 5.74) is 0. The molecule has 0 aliphatic rings. The molecule has 5 nitrogen and oxygen atoms in total. The van der Waals surface area contributed by atoms with Crippen LogP contribution in [0.2, 0.25) is 0 Å². The van der Waals surface area contributed by atoms with Crippen LogP contribution in [0.25, 0.3) is 0 Å². The fraction of sp³-hybridized carbons (Fsp3) is 0. The number of rotatable bonds is 2. The van der Waals surface area contributed by atoms with Crippen molar-refractivity contribution in [1.82, 2.24) is 10.2 Å². The zero-order valence-electron chi connectivity index (χ0n) is 6.48. The maximum Gasteiger partial charge on any atom is 1.00 e. The fourth-order valence-electron chi connectivity index (χ4n) is 0.422. The zero-order valence-corrected chi connectivity index (χ0v) is 8.61. The first-order valence-electron chi connectivity index (χ1n) is 2.31. The van der Waals surface area contributed by atoms with Gasteiger partial charge < -0.3 is 16.1 Å². The molecule has 7 heteroatoms. The van der Waals surface area contributed by atoms with Crippen LogP contribution in [0.4, 0.5) is 0 Å². The molecule has 0 atom stereocenters. The van der Waals surface area contributed by atoms with Crippen molar-refractivity contribution in [2.45, 2.75) is 0 Å². The van der Waals surface area contributed by atoms with E-state index < -0.39 is 7.32 Å². The summed E-state index contributed by atoms with van der Waals surface area (Å²) in [5.74, 6) is 0.227. The van der Waals surface area contributed by atoms with Crippen molar-refractivity contribution in [3.63, 3.8) is 0 Å². The molecule has 1 aromatic heterocycles. The van der Waals surface area contributed by atoms with Gasteiger partial charge in [0.15, 0.2) is 5.88 Å². The summed E-state index contributed by atoms with van der Waals surface area (Å²) in [4.78, 5) is 0. The van der Waals surface area contributed by atoms with E-state index in [9.17, 15) is 0 Å². The standard InChI is InChI=1S/C3H5BN2O3.K.H/c7-4(8)9-3-1-2-5-6-3;;/h1-2,7-8H,(H,5,6);;/q;+1;-1. The molecule has 0 bridgehead atoms. The first-order valence-corrected chi connectivity index (χ1v) is 2.31. The molecule has 0 saturated carbocycles. The number of nitrogens with one attached hydrogen (secondary N) is 1. The number of nitrogens with zero attached hydrogens (tertiary/aromatic N) is 1. The van der Waals surface area contributed by atoms with E-state index in [-0.39, 0.29) is 58.7 Å². The summed E-state index contributed by atoms with van der Waals surface area (Å²) in [6.45, 7) is 0. The zero-order chi connectivity index (χ0) is 6.69. The van der Waals surface area contributed by atoms with Gasteiger partial charge in [0.2, 0.25) is 0 Å². The van der Waals surface area contributed by atoms with Gasteiger partial charge in [-0.1, -0.05) is 0 Å². The Labute approximate surface area is 102 Å². The van der Waals surface area contributed by atoms with Crippen LogP contribution in [0.15, 0.2) is 12.3 Å². The van der Waals surface area contributed by atoms with Gasteiger partial charge in [0.05, 0.1) is 6.20 Å². The summed E-state index contributed by atoms with van der Waals surface area (Å²) >= 11 is 0. The van der Waals surface area contributed by atoms with Crippen LogP contribution >= 0.6 is 0 Å². The Kier molecular flexibility index (Phi) is 5.64. The van der Waals surface area contributed by atoms with Gasteiger partial charge in [0.1, 0.15) is 0 Å². The monoisotopic (exact) mass is 168 g/mol. The molecule has 3 N–H and O–H groups in total. The Balaban J connectivity index is 0. The van der Waals surface area contributed by atoms with E-state index in [0.717, 1.165) is 0 Å². The molecule has 1 aromatic rings. The second-order valence-corrected chi connectivity index (χ2v) is 1.37. The maximum absolute atomic E-state index is 8.21. The average molecular weight is 168 g/mol. The minimum absolute atomic E-state index is 0. The maximum atomic E-state index is 8.21. The number of H-pyrrole nitrogens is 1. The first-order chi connectivity index (χ1) is 4.29. The van der Waals surface area contributed by atoms with Gasteiger partial charge in [0, 0.05) is 6.07 Å². The topological polar surface area (TPSA) is 78.4 Å². The van der Waals surface area contributed by atoms with E-state index in [1.807, 2.05) is 0 Å². The van der Waals surface area contributed by atoms with Gasteiger partial charge in [-0.15, -0.1) is 0 Å². The molecule has 0 aromatic carbocycles. The van der Waals surface area contributed by atoms with Crippen molar-refractivity contribution in [3.8, 4) is 5.88 Å². The quantitative estimate of drug-likeness (QED) is 0.392. The molecule has 50 valence electrons. The van der Waals surface area contributed by atoms with Crippen molar-refractivity contribution in [3.05, 3.63) is 12.3 Å². The number of hydrogen-bond acceptors (Lipinski definition) is 4. The Morgan fingerprint density at radius 1 is 1.70 bits per heavy atom. The van der Waals surface area contributed by atoms with Crippen LogP contribution in [-0.2, 0) is 0 Å². The normalized spacial score (nSPS) is 8.20. The molecule has 1 rings (SSSR count). The Morgan fingerprint density at radius 3 is 2.80 bits per heavy atom. The molecular weight excluding hydrogens is 162 g/mol. The third kappa shape index (κ3) is 3.72. The summed E-state index contributed by atoms with van der Waals surface area (Å²) in [6.07, 6.45) is 1.44. The SMILES string of the molecule is OB(O)Oc1ccn[nH]1.[H-].[K+]. The molecule has 0 amide bonds. The largest absolute Gasteiger partial charge is 1.00 e. The van der Waals surface area contributed by atoms with Gasteiger partial charge in [-0.2, -0.15) is 5.10 Å². The number of hydrogen-bond donors (Lipinski definition) is 3. The van der Waals surface area contributed by atoms with Crippen LogP contribution in [0.1, 0.15) is 1.43 Å². The van der Waals surface area contributed by atoms with Crippen LogP contribution in [0, 0.1) is 0 Å². The van der Waals surface area contributed by atoms with E-state index >= 15 is 0 Å². The Hall–Kier alpha value is 0.631. The number of aromatic amines is 1. The number of aromatic nitrogens is 2. The molecule has 0 aliphatic heterocycles. The molecule has 0 spiro atoms. The summed E-state index contributed by atoms with van der Waals surface area (Å²) < 4.78 is 4.35. The molecule has 10 heavy (non-hydrogen) atoms. The second-order valence-electron chi connectivity index (χ2n) is 1.37. The van der Waals surface area contributed by atoms with E-state index in [0.29, 0.717) is 0 Å². The van der Waals surface area contributed by atoms with Crippen LogP contribution in [0.5, 0.6) is 5.88 Å². The Morgan fingerprint density at radius 2 is 2.40 bits per heavy atom. The van der Waals surface area contributed by atoms with Gasteiger partial charge in [-0.3, -0.25) is 0 Å². The van der Waals surface area contributed by atoms with Crippen molar-refractivity contribution < 1.29 is 67.5 Å². The fourth-order valence-corrected chi connectivity index (χ4v) is 0.422. The van der Waals surface area contributed by atoms with Crippen LogP contribution in [-0.4, -0.2) is 27.6 Å². The molecule has 0 unspecified atom stereocenters. The smallest absolute Gasteiger partial charge is 1.00 e. The summed E-state index contributed by atoms with van der Waals surface area (Å²) in [5, 5.41) is 22.3. The van der Waals surface area contributed by atoms with Gasteiger partial charge in [-0.25, -0.2) is 5.10 Å². The molecular formula is C3H6BKN2O3.